The van der Waals surface area contributed by atoms with Crippen LogP contribution in [0, 0.1) is 12.7 Å². The maximum Gasteiger partial charge on any atom is 0.147 e. The molecule has 0 spiro atoms. The highest BCUT2D eigenvalue weighted by atomic mass is 19.1. The SMILES string of the molecule is Cc1cccc(-n2cc(CN3CCN(c4cnccn4)CC3)c(-c3cccc(F)c3)n2)c1. The Bertz CT molecular complexity index is 1200. The molecule has 1 fully saturated rings. The Kier molecular flexibility index (Phi) is 5.64. The van der Waals surface area contributed by atoms with Crippen LogP contribution in [0.1, 0.15) is 11.1 Å². The second-order valence-electron chi connectivity index (χ2n) is 8.12. The van der Waals surface area contributed by atoms with Crippen LogP contribution in [0.25, 0.3) is 16.9 Å². The first-order valence-electron chi connectivity index (χ1n) is 10.8. The van der Waals surface area contributed by atoms with Crippen LogP contribution < -0.4 is 4.90 Å². The van der Waals surface area contributed by atoms with Gasteiger partial charge in [-0.3, -0.25) is 9.88 Å². The largest absolute Gasteiger partial charge is 0.353 e. The highest BCUT2D eigenvalue weighted by Gasteiger charge is 2.21. The van der Waals surface area contributed by atoms with Crippen LogP contribution >= 0.6 is 0 Å². The molecule has 1 aliphatic heterocycles. The van der Waals surface area contributed by atoms with Crippen molar-refractivity contribution in [1.82, 2.24) is 24.6 Å². The zero-order chi connectivity index (χ0) is 21.9. The summed E-state index contributed by atoms with van der Waals surface area (Å²) in [7, 11) is 0. The van der Waals surface area contributed by atoms with Gasteiger partial charge in [-0.2, -0.15) is 5.10 Å². The molecule has 7 heteroatoms. The lowest BCUT2D eigenvalue weighted by molar-refractivity contribution is 0.249. The van der Waals surface area contributed by atoms with Crippen LogP contribution in [0.15, 0.2) is 73.3 Å². The van der Waals surface area contributed by atoms with Gasteiger partial charge in [-0.25, -0.2) is 14.1 Å². The van der Waals surface area contributed by atoms with Gasteiger partial charge in [0.1, 0.15) is 11.6 Å². The molecule has 0 unspecified atom stereocenters. The molecule has 1 aliphatic rings. The van der Waals surface area contributed by atoms with Crippen molar-refractivity contribution >= 4 is 5.82 Å². The minimum atomic E-state index is -0.254. The number of hydrogen-bond donors (Lipinski definition) is 0. The maximum atomic E-state index is 14.0. The number of benzene rings is 2. The summed E-state index contributed by atoms with van der Waals surface area (Å²) in [4.78, 5) is 13.3. The summed E-state index contributed by atoms with van der Waals surface area (Å²) in [5.41, 5.74) is 4.88. The van der Waals surface area contributed by atoms with Crippen molar-refractivity contribution in [2.45, 2.75) is 13.5 Å². The first-order chi connectivity index (χ1) is 15.7. The molecule has 0 saturated carbocycles. The van der Waals surface area contributed by atoms with Gasteiger partial charge in [0.05, 0.1) is 17.6 Å². The van der Waals surface area contributed by atoms with Crippen LogP contribution in [-0.2, 0) is 6.54 Å². The van der Waals surface area contributed by atoms with E-state index in [0.29, 0.717) is 0 Å². The fourth-order valence-electron chi connectivity index (χ4n) is 4.14. The zero-order valence-electron chi connectivity index (χ0n) is 18.0. The van der Waals surface area contributed by atoms with E-state index in [-0.39, 0.29) is 5.82 Å². The summed E-state index contributed by atoms with van der Waals surface area (Å²) < 4.78 is 15.9. The molecule has 0 atom stereocenters. The number of aromatic nitrogens is 4. The highest BCUT2D eigenvalue weighted by molar-refractivity contribution is 5.63. The molecule has 2 aromatic carbocycles. The first kappa shape index (κ1) is 20.3. The smallest absolute Gasteiger partial charge is 0.147 e. The first-order valence-corrected chi connectivity index (χ1v) is 10.8. The Balaban J connectivity index is 1.40. The molecule has 162 valence electrons. The van der Waals surface area contributed by atoms with Crippen LogP contribution in [0.3, 0.4) is 0 Å². The fraction of sp³-hybridized carbons (Fsp3) is 0.240. The molecular formula is C25H25FN6. The fourth-order valence-corrected chi connectivity index (χ4v) is 4.14. The summed E-state index contributed by atoms with van der Waals surface area (Å²) in [5.74, 6) is 0.663. The van der Waals surface area contributed by atoms with E-state index in [1.165, 1.54) is 11.6 Å². The molecule has 0 bridgehead atoms. The number of piperazine rings is 1. The van der Waals surface area contributed by atoms with Crippen LogP contribution in [0.4, 0.5) is 10.2 Å². The zero-order valence-corrected chi connectivity index (χ0v) is 18.0. The van der Waals surface area contributed by atoms with Gasteiger partial charge in [-0.1, -0.05) is 24.3 Å². The topological polar surface area (TPSA) is 50.1 Å². The number of halogens is 1. The average Bonchev–Trinajstić information content (AvgIpc) is 3.24. The number of hydrogen-bond acceptors (Lipinski definition) is 5. The summed E-state index contributed by atoms with van der Waals surface area (Å²) in [5, 5.41) is 4.86. The van der Waals surface area contributed by atoms with Crippen LogP contribution in [0.2, 0.25) is 0 Å². The van der Waals surface area contributed by atoms with E-state index in [1.54, 1.807) is 24.5 Å². The molecule has 4 aromatic rings. The van der Waals surface area contributed by atoms with Gasteiger partial charge < -0.3 is 4.90 Å². The molecule has 1 saturated heterocycles. The monoisotopic (exact) mass is 428 g/mol. The predicted octanol–water partition coefficient (Wildman–Crippen LogP) is 4.10. The number of aryl methyl sites for hydroxylation is 1. The molecule has 32 heavy (non-hydrogen) atoms. The van der Waals surface area contributed by atoms with E-state index in [2.05, 4.69) is 45.0 Å². The Hall–Kier alpha value is -3.58. The van der Waals surface area contributed by atoms with Gasteiger partial charge in [-0.05, 0) is 36.8 Å². The normalized spacial score (nSPS) is 14.6. The van der Waals surface area contributed by atoms with Crippen molar-refractivity contribution in [3.63, 3.8) is 0 Å². The van der Waals surface area contributed by atoms with E-state index < -0.39 is 0 Å². The lowest BCUT2D eigenvalue weighted by Crippen LogP contribution is -2.46. The molecule has 0 amide bonds. The Morgan fingerprint density at radius 3 is 2.56 bits per heavy atom. The second-order valence-corrected chi connectivity index (χ2v) is 8.12. The van der Waals surface area contributed by atoms with E-state index in [9.17, 15) is 4.39 Å². The standard InChI is InChI=1S/C25H25FN6/c1-19-4-2-7-23(14-19)32-18-21(25(29-32)20-5-3-6-22(26)15-20)17-30-10-12-31(13-11-30)24-16-27-8-9-28-24/h2-9,14-16,18H,10-13,17H2,1H3. The highest BCUT2D eigenvalue weighted by Crippen LogP contribution is 2.26. The quantitative estimate of drug-likeness (QED) is 0.479. The second kappa shape index (κ2) is 8.88. The minimum Gasteiger partial charge on any atom is -0.353 e. The molecule has 0 radical (unpaired) electrons. The van der Waals surface area contributed by atoms with E-state index >= 15 is 0 Å². The van der Waals surface area contributed by atoms with Crippen molar-refractivity contribution < 1.29 is 4.39 Å². The van der Waals surface area contributed by atoms with Crippen molar-refractivity contribution in [1.29, 1.82) is 0 Å². The predicted molar refractivity (Wildman–Crippen MR) is 123 cm³/mol. The summed E-state index contributed by atoms with van der Waals surface area (Å²) in [6.07, 6.45) is 7.31. The van der Waals surface area contributed by atoms with Gasteiger partial charge in [-0.15, -0.1) is 0 Å². The third kappa shape index (κ3) is 4.38. The van der Waals surface area contributed by atoms with Crippen molar-refractivity contribution in [3.8, 4) is 16.9 Å². The lowest BCUT2D eigenvalue weighted by atomic mass is 10.1. The van der Waals surface area contributed by atoms with Crippen molar-refractivity contribution in [3.05, 3.63) is 90.3 Å². The summed E-state index contributed by atoms with van der Waals surface area (Å²) >= 11 is 0. The van der Waals surface area contributed by atoms with Crippen LogP contribution in [-0.4, -0.2) is 50.8 Å². The van der Waals surface area contributed by atoms with Gasteiger partial charge in [0.2, 0.25) is 0 Å². The number of nitrogens with zero attached hydrogens (tertiary/aromatic N) is 6. The number of rotatable bonds is 5. The molecule has 3 heterocycles. The minimum absolute atomic E-state index is 0.254. The van der Waals surface area contributed by atoms with E-state index in [4.69, 9.17) is 5.10 Å². The van der Waals surface area contributed by atoms with Crippen molar-refractivity contribution in [2.24, 2.45) is 0 Å². The van der Waals surface area contributed by atoms with Crippen molar-refractivity contribution in [2.75, 3.05) is 31.1 Å². The van der Waals surface area contributed by atoms with Gasteiger partial charge >= 0.3 is 0 Å². The number of anilines is 1. The summed E-state index contributed by atoms with van der Waals surface area (Å²) in [6, 6.07) is 14.9. The van der Waals surface area contributed by atoms with Gasteiger partial charge in [0.25, 0.3) is 0 Å². The average molecular weight is 429 g/mol. The molecule has 2 aromatic heterocycles. The molecular weight excluding hydrogens is 403 g/mol. The Morgan fingerprint density at radius 1 is 0.969 bits per heavy atom. The maximum absolute atomic E-state index is 14.0. The van der Waals surface area contributed by atoms with E-state index in [1.807, 2.05) is 29.1 Å². The third-order valence-electron chi connectivity index (χ3n) is 5.79. The Labute approximate surface area is 187 Å². The summed E-state index contributed by atoms with van der Waals surface area (Å²) in [6.45, 7) is 6.42. The van der Waals surface area contributed by atoms with Gasteiger partial charge in [0.15, 0.2) is 0 Å². The van der Waals surface area contributed by atoms with Crippen LogP contribution in [0.5, 0.6) is 0 Å². The van der Waals surface area contributed by atoms with E-state index in [0.717, 1.165) is 61.0 Å². The molecule has 0 N–H and O–H groups in total. The molecule has 6 nitrogen and oxygen atoms in total. The lowest BCUT2D eigenvalue weighted by Gasteiger charge is -2.35. The van der Waals surface area contributed by atoms with Gasteiger partial charge in [0, 0.05) is 62.4 Å². The molecule has 0 aliphatic carbocycles. The third-order valence-corrected chi connectivity index (χ3v) is 5.79. The Morgan fingerprint density at radius 2 is 1.81 bits per heavy atom. The molecule has 5 rings (SSSR count).